The molecule has 10 heavy (non-hydrogen) atoms. The van der Waals surface area contributed by atoms with Crippen molar-refractivity contribution in [1.82, 2.24) is 0 Å². The molecule has 0 fully saturated rings. The Hall–Kier alpha value is -0.100. The van der Waals surface area contributed by atoms with Crippen LogP contribution in [0.4, 0.5) is 5.69 Å². The summed E-state index contributed by atoms with van der Waals surface area (Å²) in [6.45, 7) is 0. The summed E-state index contributed by atoms with van der Waals surface area (Å²) in [4.78, 5) is 0. The van der Waals surface area contributed by atoms with Gasteiger partial charge in [-0.3, -0.25) is 4.72 Å². The second kappa shape index (κ2) is 3.92. The van der Waals surface area contributed by atoms with E-state index >= 15 is 0 Å². The topological polar surface area (TPSA) is 29.1 Å². The van der Waals surface area contributed by atoms with Crippen LogP contribution in [0.1, 0.15) is 0 Å². The van der Waals surface area contributed by atoms with E-state index in [1.807, 2.05) is 51.5 Å². The lowest BCUT2D eigenvalue weighted by atomic mass is 10.3. The van der Waals surface area contributed by atoms with Crippen molar-refractivity contribution in [3.05, 3.63) is 30.3 Å². The molecule has 0 bridgehead atoms. The molecule has 0 aliphatic carbocycles. The lowest BCUT2D eigenvalue weighted by Gasteiger charge is -1.97. The summed E-state index contributed by atoms with van der Waals surface area (Å²) >= 11 is 1.81. The van der Waals surface area contributed by atoms with Gasteiger partial charge in [-0.2, -0.15) is 0 Å². The van der Waals surface area contributed by atoms with E-state index in [0.717, 1.165) is 5.69 Å². The molecule has 0 aliphatic rings. The predicted molar refractivity (Wildman–Crippen MR) is 52.2 cm³/mol. The Morgan fingerprint density at radius 1 is 1.30 bits per heavy atom. The molecule has 4 heteroatoms. The molecule has 0 saturated heterocycles. The molecule has 1 aromatic rings. The largest absolute Gasteiger partial charge is 0.297 e. The molecular formula is C6H6INOS. The van der Waals surface area contributed by atoms with Crippen LogP contribution in [0, 0.1) is 0 Å². The van der Waals surface area contributed by atoms with E-state index in [-0.39, 0.29) is 0 Å². The van der Waals surface area contributed by atoms with Crippen LogP contribution in [-0.4, -0.2) is 4.21 Å². The monoisotopic (exact) mass is 267 g/mol. The Balaban J connectivity index is 2.67. The van der Waals surface area contributed by atoms with Crippen molar-refractivity contribution in [1.29, 1.82) is 0 Å². The van der Waals surface area contributed by atoms with E-state index < -0.39 is 8.16 Å². The third-order valence-corrected chi connectivity index (χ3v) is 2.03. The first-order valence-corrected chi connectivity index (χ1v) is 6.38. The number of hydrogen-bond donors (Lipinski definition) is 1. The Labute approximate surface area is 74.2 Å². The van der Waals surface area contributed by atoms with Gasteiger partial charge in [0.15, 0.2) is 8.16 Å². The van der Waals surface area contributed by atoms with Crippen LogP contribution in [0.15, 0.2) is 30.3 Å². The number of para-hydroxylation sites is 1. The third-order valence-electron chi connectivity index (χ3n) is 0.972. The SMILES string of the molecule is O=S(I)Nc1ccccc1. The molecule has 1 atom stereocenters. The Kier molecular flexibility index (Phi) is 3.14. The van der Waals surface area contributed by atoms with Gasteiger partial charge >= 0.3 is 0 Å². The summed E-state index contributed by atoms with van der Waals surface area (Å²) in [7, 11) is -0.997. The average molecular weight is 267 g/mol. The summed E-state index contributed by atoms with van der Waals surface area (Å²) < 4.78 is 13.4. The fourth-order valence-corrected chi connectivity index (χ4v) is 1.68. The van der Waals surface area contributed by atoms with E-state index in [9.17, 15) is 4.21 Å². The van der Waals surface area contributed by atoms with Gasteiger partial charge in [0, 0.05) is 5.69 Å². The zero-order valence-corrected chi connectivity index (χ0v) is 8.06. The maximum Gasteiger partial charge on any atom is 0.180 e. The van der Waals surface area contributed by atoms with Crippen LogP contribution in [0.3, 0.4) is 0 Å². The maximum atomic E-state index is 10.6. The molecule has 1 aromatic carbocycles. The highest BCUT2D eigenvalue weighted by Gasteiger charge is 1.90. The van der Waals surface area contributed by atoms with Gasteiger partial charge in [-0.15, -0.1) is 0 Å². The van der Waals surface area contributed by atoms with E-state index in [0.29, 0.717) is 0 Å². The lowest BCUT2D eigenvalue weighted by Crippen LogP contribution is -1.94. The van der Waals surface area contributed by atoms with Crippen LogP contribution in [0.5, 0.6) is 0 Å². The van der Waals surface area contributed by atoms with E-state index in [4.69, 9.17) is 0 Å². The van der Waals surface area contributed by atoms with Gasteiger partial charge in [-0.1, -0.05) is 18.2 Å². The van der Waals surface area contributed by atoms with Crippen LogP contribution in [0.2, 0.25) is 0 Å². The molecule has 2 nitrogen and oxygen atoms in total. The molecule has 1 rings (SSSR count). The van der Waals surface area contributed by atoms with Gasteiger partial charge in [0.25, 0.3) is 0 Å². The van der Waals surface area contributed by atoms with Crippen molar-refractivity contribution in [2.45, 2.75) is 0 Å². The fraction of sp³-hybridized carbons (Fsp3) is 0. The third kappa shape index (κ3) is 2.66. The van der Waals surface area contributed by atoms with Crippen molar-refractivity contribution in [2.24, 2.45) is 0 Å². The van der Waals surface area contributed by atoms with Gasteiger partial charge in [-0.05, 0) is 12.1 Å². The molecule has 0 aromatic heterocycles. The number of anilines is 1. The molecular weight excluding hydrogens is 261 g/mol. The molecule has 0 amide bonds. The van der Waals surface area contributed by atoms with Gasteiger partial charge in [0.2, 0.25) is 0 Å². The molecule has 0 aliphatic heterocycles. The summed E-state index contributed by atoms with van der Waals surface area (Å²) in [5.41, 5.74) is 0.884. The smallest absolute Gasteiger partial charge is 0.180 e. The van der Waals surface area contributed by atoms with Crippen LogP contribution in [0.25, 0.3) is 0 Å². The summed E-state index contributed by atoms with van der Waals surface area (Å²) in [5.74, 6) is 0. The minimum atomic E-state index is -0.997. The average Bonchev–Trinajstić information content (AvgIpc) is 1.88. The number of hydrogen-bond acceptors (Lipinski definition) is 1. The van der Waals surface area contributed by atoms with Crippen LogP contribution in [-0.2, 0) is 8.16 Å². The molecule has 54 valence electrons. The van der Waals surface area contributed by atoms with Crippen molar-refractivity contribution in [2.75, 3.05) is 4.72 Å². The Morgan fingerprint density at radius 2 is 1.90 bits per heavy atom. The standard InChI is InChI=1S/C6H6INOS/c7-10(9)8-6-4-2-1-3-5-6/h1-5,8H. The fourth-order valence-electron chi connectivity index (χ4n) is 0.599. The first-order valence-electron chi connectivity index (χ1n) is 2.69. The molecule has 1 unspecified atom stereocenters. The van der Waals surface area contributed by atoms with E-state index in [1.54, 1.807) is 0 Å². The maximum absolute atomic E-state index is 10.6. The number of benzene rings is 1. The highest BCUT2D eigenvalue weighted by atomic mass is 127. The zero-order valence-electron chi connectivity index (χ0n) is 5.08. The molecule has 0 radical (unpaired) electrons. The second-order valence-corrected chi connectivity index (χ2v) is 4.74. The predicted octanol–water partition coefficient (Wildman–Crippen LogP) is 2.11. The minimum absolute atomic E-state index is 0.884. The Morgan fingerprint density at radius 3 is 2.40 bits per heavy atom. The van der Waals surface area contributed by atoms with Crippen LogP contribution < -0.4 is 4.72 Å². The number of rotatable bonds is 2. The van der Waals surface area contributed by atoms with Crippen LogP contribution >= 0.6 is 21.2 Å². The van der Waals surface area contributed by atoms with Crippen molar-refractivity contribution >= 4 is 35.0 Å². The summed E-state index contributed by atoms with van der Waals surface area (Å²) in [5, 5.41) is 0. The molecule has 0 saturated carbocycles. The Bertz CT molecular complexity index is 226. The lowest BCUT2D eigenvalue weighted by molar-refractivity contribution is 0.695. The van der Waals surface area contributed by atoms with Gasteiger partial charge in [-0.25, -0.2) is 4.21 Å². The summed E-state index contributed by atoms with van der Waals surface area (Å²) in [6, 6.07) is 9.45. The minimum Gasteiger partial charge on any atom is -0.297 e. The normalized spacial score (nSPS) is 12.5. The molecule has 0 spiro atoms. The van der Waals surface area contributed by atoms with Gasteiger partial charge < -0.3 is 0 Å². The summed E-state index contributed by atoms with van der Waals surface area (Å²) in [6.07, 6.45) is 0. The molecule has 1 N–H and O–H groups in total. The van der Waals surface area contributed by atoms with Crippen molar-refractivity contribution < 1.29 is 4.21 Å². The molecule has 0 heterocycles. The van der Waals surface area contributed by atoms with E-state index in [2.05, 4.69) is 4.72 Å². The van der Waals surface area contributed by atoms with Gasteiger partial charge in [0.1, 0.15) is 0 Å². The van der Waals surface area contributed by atoms with E-state index in [1.165, 1.54) is 0 Å². The highest BCUT2D eigenvalue weighted by Crippen LogP contribution is 2.07. The number of halogens is 1. The van der Waals surface area contributed by atoms with Gasteiger partial charge in [0.05, 0.1) is 21.2 Å². The van der Waals surface area contributed by atoms with Crippen molar-refractivity contribution in [3.8, 4) is 0 Å². The highest BCUT2D eigenvalue weighted by molar-refractivity contribution is 14.2. The first kappa shape index (κ1) is 8.00. The first-order chi connectivity index (χ1) is 4.79. The second-order valence-electron chi connectivity index (χ2n) is 1.69. The zero-order chi connectivity index (χ0) is 7.40. The number of nitrogens with one attached hydrogen (secondary N) is 1. The quantitative estimate of drug-likeness (QED) is 0.645. The van der Waals surface area contributed by atoms with Crippen molar-refractivity contribution in [3.63, 3.8) is 0 Å².